The molecule has 162 valence electrons. The standard InChI is InChI=1S/C21H25N7O3/c1-22-18-11-17(26-19-15(12-23-28(18)19)20(29)24-13-4-5-13)25-16-3-2-8-27(21(16)30)9-10-31-14-6-7-14/h2-3,8,11-14,22H,4-7,9-10H2,1H3,(H,24,29)(H,25,26). The Bertz CT molecular complexity index is 1180. The molecule has 2 fully saturated rings. The highest BCUT2D eigenvalue weighted by molar-refractivity contribution is 6.00. The minimum atomic E-state index is -0.193. The van der Waals surface area contributed by atoms with Crippen LogP contribution in [0.2, 0.25) is 0 Å². The van der Waals surface area contributed by atoms with E-state index in [1.807, 2.05) is 6.07 Å². The van der Waals surface area contributed by atoms with E-state index in [0.29, 0.717) is 47.8 Å². The maximum atomic E-state index is 12.9. The lowest BCUT2D eigenvalue weighted by molar-refractivity contribution is 0.0952. The second kappa shape index (κ2) is 8.03. The summed E-state index contributed by atoms with van der Waals surface area (Å²) in [7, 11) is 1.76. The molecule has 0 bridgehead atoms. The van der Waals surface area contributed by atoms with Gasteiger partial charge in [0.25, 0.3) is 11.5 Å². The fourth-order valence-electron chi connectivity index (χ4n) is 3.35. The van der Waals surface area contributed by atoms with Gasteiger partial charge in [0.1, 0.15) is 22.9 Å². The molecule has 0 spiro atoms. The van der Waals surface area contributed by atoms with Crippen LogP contribution in [-0.2, 0) is 11.3 Å². The van der Waals surface area contributed by atoms with Crippen LogP contribution >= 0.6 is 0 Å². The van der Waals surface area contributed by atoms with Crippen LogP contribution in [0.4, 0.5) is 17.3 Å². The number of carbonyl (C=O) groups excluding carboxylic acids is 1. The molecule has 0 aliphatic heterocycles. The quantitative estimate of drug-likeness (QED) is 0.480. The van der Waals surface area contributed by atoms with Crippen LogP contribution in [-0.4, -0.2) is 50.9 Å². The average Bonchev–Trinajstić information content (AvgIpc) is 3.70. The van der Waals surface area contributed by atoms with Gasteiger partial charge in [0.2, 0.25) is 0 Å². The molecular formula is C21H25N7O3. The van der Waals surface area contributed by atoms with E-state index in [9.17, 15) is 9.59 Å². The zero-order valence-electron chi connectivity index (χ0n) is 17.3. The number of anilines is 3. The fourth-order valence-corrected chi connectivity index (χ4v) is 3.35. The van der Waals surface area contributed by atoms with Gasteiger partial charge in [-0.25, -0.2) is 4.98 Å². The topological polar surface area (TPSA) is 115 Å². The number of rotatable bonds is 9. The number of fused-ring (bicyclic) bond motifs is 1. The summed E-state index contributed by atoms with van der Waals surface area (Å²) < 4.78 is 8.85. The highest BCUT2D eigenvalue weighted by atomic mass is 16.5. The van der Waals surface area contributed by atoms with E-state index in [1.54, 1.807) is 34.5 Å². The number of aromatic nitrogens is 4. The summed E-state index contributed by atoms with van der Waals surface area (Å²) in [6, 6.07) is 5.50. The van der Waals surface area contributed by atoms with Crippen LogP contribution in [0.3, 0.4) is 0 Å². The first-order valence-electron chi connectivity index (χ1n) is 10.6. The molecule has 3 aromatic rings. The Hall–Kier alpha value is -3.40. The third-order valence-electron chi connectivity index (χ3n) is 5.38. The van der Waals surface area contributed by atoms with Crippen molar-refractivity contribution in [3.8, 4) is 0 Å². The molecule has 2 aliphatic rings. The van der Waals surface area contributed by atoms with Crippen molar-refractivity contribution in [1.82, 2.24) is 24.5 Å². The van der Waals surface area contributed by atoms with Crippen LogP contribution in [0.1, 0.15) is 36.0 Å². The van der Waals surface area contributed by atoms with Crippen molar-refractivity contribution >= 4 is 28.9 Å². The summed E-state index contributed by atoms with van der Waals surface area (Å²) in [5, 5.41) is 13.4. The molecule has 3 N–H and O–H groups in total. The molecule has 10 nitrogen and oxygen atoms in total. The number of nitrogens with zero attached hydrogens (tertiary/aromatic N) is 4. The van der Waals surface area contributed by atoms with Gasteiger partial charge in [-0.2, -0.15) is 9.61 Å². The van der Waals surface area contributed by atoms with E-state index in [4.69, 9.17) is 4.74 Å². The lowest BCUT2D eigenvalue weighted by Gasteiger charge is -2.12. The molecule has 0 saturated heterocycles. The van der Waals surface area contributed by atoms with Crippen molar-refractivity contribution < 1.29 is 9.53 Å². The van der Waals surface area contributed by atoms with Gasteiger partial charge in [-0.05, 0) is 37.8 Å². The van der Waals surface area contributed by atoms with Crippen LogP contribution in [0.5, 0.6) is 0 Å². The van der Waals surface area contributed by atoms with E-state index >= 15 is 0 Å². The molecule has 3 heterocycles. The summed E-state index contributed by atoms with van der Waals surface area (Å²) in [6.45, 7) is 1.00. The van der Waals surface area contributed by atoms with E-state index in [0.717, 1.165) is 25.7 Å². The third kappa shape index (κ3) is 4.24. The zero-order valence-corrected chi connectivity index (χ0v) is 17.3. The number of ether oxygens (including phenoxy) is 1. The first-order valence-corrected chi connectivity index (χ1v) is 10.6. The predicted octanol–water partition coefficient (Wildman–Crippen LogP) is 1.75. The third-order valence-corrected chi connectivity index (χ3v) is 5.38. The van der Waals surface area contributed by atoms with Gasteiger partial charge in [0.15, 0.2) is 5.65 Å². The van der Waals surface area contributed by atoms with Crippen molar-refractivity contribution in [2.75, 3.05) is 24.3 Å². The minimum absolute atomic E-state index is 0.158. The van der Waals surface area contributed by atoms with Crippen LogP contribution in [0, 0.1) is 0 Å². The van der Waals surface area contributed by atoms with Crippen LogP contribution in [0.25, 0.3) is 5.65 Å². The predicted molar refractivity (Wildman–Crippen MR) is 116 cm³/mol. The smallest absolute Gasteiger partial charge is 0.274 e. The van der Waals surface area contributed by atoms with Crippen molar-refractivity contribution in [3.05, 3.63) is 46.5 Å². The molecule has 10 heteroatoms. The Morgan fingerprint density at radius 3 is 2.87 bits per heavy atom. The summed E-state index contributed by atoms with van der Waals surface area (Å²) in [4.78, 5) is 30.0. The molecule has 2 saturated carbocycles. The van der Waals surface area contributed by atoms with Crippen molar-refractivity contribution in [3.63, 3.8) is 0 Å². The fraction of sp³-hybridized carbons (Fsp3) is 0.429. The van der Waals surface area contributed by atoms with E-state index < -0.39 is 0 Å². The first kappa shape index (κ1) is 19.6. The molecule has 31 heavy (non-hydrogen) atoms. The normalized spacial score (nSPS) is 15.8. The second-order valence-electron chi connectivity index (χ2n) is 7.93. The number of carbonyl (C=O) groups is 1. The largest absolute Gasteiger partial charge is 0.376 e. The molecule has 1 amide bonds. The molecule has 0 aromatic carbocycles. The number of nitrogens with one attached hydrogen (secondary N) is 3. The maximum absolute atomic E-state index is 12.9. The van der Waals surface area contributed by atoms with Gasteiger partial charge >= 0.3 is 0 Å². The first-order chi connectivity index (χ1) is 15.1. The van der Waals surface area contributed by atoms with Gasteiger partial charge in [0.05, 0.1) is 18.9 Å². The lowest BCUT2D eigenvalue weighted by Crippen LogP contribution is -2.25. The Labute approximate surface area is 178 Å². The summed E-state index contributed by atoms with van der Waals surface area (Å²) >= 11 is 0. The van der Waals surface area contributed by atoms with Gasteiger partial charge < -0.3 is 25.3 Å². The molecule has 2 aliphatic carbocycles. The summed E-state index contributed by atoms with van der Waals surface area (Å²) in [6.07, 6.45) is 7.82. The number of pyridine rings is 1. The molecular weight excluding hydrogens is 398 g/mol. The van der Waals surface area contributed by atoms with Gasteiger partial charge in [-0.15, -0.1) is 0 Å². The Morgan fingerprint density at radius 2 is 2.13 bits per heavy atom. The molecule has 5 rings (SSSR count). The SMILES string of the molecule is CNc1cc(Nc2cccn(CCOC3CC3)c2=O)nc2c(C(=O)NC3CC3)cnn12. The Kier molecular flexibility index (Phi) is 5.06. The van der Waals surface area contributed by atoms with E-state index in [1.165, 1.54) is 6.20 Å². The van der Waals surface area contributed by atoms with E-state index in [2.05, 4.69) is 26.0 Å². The van der Waals surface area contributed by atoms with Gasteiger partial charge in [-0.1, -0.05) is 0 Å². The Morgan fingerprint density at radius 1 is 1.29 bits per heavy atom. The van der Waals surface area contributed by atoms with Crippen molar-refractivity contribution in [2.24, 2.45) is 0 Å². The highest BCUT2D eigenvalue weighted by Crippen LogP contribution is 2.24. The van der Waals surface area contributed by atoms with Gasteiger partial charge in [0, 0.05) is 31.9 Å². The van der Waals surface area contributed by atoms with Crippen LogP contribution in [0.15, 0.2) is 35.4 Å². The minimum Gasteiger partial charge on any atom is -0.376 e. The second-order valence-corrected chi connectivity index (χ2v) is 7.93. The zero-order chi connectivity index (χ0) is 21.4. The monoisotopic (exact) mass is 423 g/mol. The molecule has 3 aromatic heterocycles. The maximum Gasteiger partial charge on any atom is 0.274 e. The van der Waals surface area contributed by atoms with E-state index in [-0.39, 0.29) is 17.5 Å². The summed E-state index contributed by atoms with van der Waals surface area (Å²) in [5.41, 5.74) is 1.06. The number of hydrogen-bond donors (Lipinski definition) is 3. The van der Waals surface area contributed by atoms with Crippen LogP contribution < -0.4 is 21.5 Å². The molecule has 0 unspecified atom stereocenters. The lowest BCUT2D eigenvalue weighted by atomic mass is 10.3. The van der Waals surface area contributed by atoms with Gasteiger partial charge in [-0.3, -0.25) is 9.59 Å². The number of amides is 1. The van der Waals surface area contributed by atoms with Crippen molar-refractivity contribution in [2.45, 2.75) is 44.4 Å². The number of hydrogen-bond acceptors (Lipinski definition) is 7. The molecule has 0 radical (unpaired) electrons. The summed E-state index contributed by atoms with van der Waals surface area (Å²) in [5.74, 6) is 0.899. The highest BCUT2D eigenvalue weighted by Gasteiger charge is 2.26. The Balaban J connectivity index is 1.41. The van der Waals surface area contributed by atoms with Crippen molar-refractivity contribution in [1.29, 1.82) is 0 Å². The average molecular weight is 423 g/mol. The molecule has 0 atom stereocenters.